The van der Waals surface area contributed by atoms with E-state index in [1.807, 2.05) is 58.9 Å². The fourth-order valence-electron chi connectivity index (χ4n) is 3.38. The van der Waals surface area contributed by atoms with Gasteiger partial charge in [0.25, 0.3) is 5.91 Å². The van der Waals surface area contributed by atoms with Crippen LogP contribution in [0.2, 0.25) is 0 Å². The predicted molar refractivity (Wildman–Crippen MR) is 92.5 cm³/mol. The van der Waals surface area contributed by atoms with Gasteiger partial charge in [-0.25, -0.2) is 4.98 Å². The molecule has 1 unspecified atom stereocenters. The number of para-hydroxylation sites is 1. The molecule has 3 heterocycles. The van der Waals surface area contributed by atoms with Gasteiger partial charge in [-0.3, -0.25) is 4.79 Å². The Labute approximate surface area is 140 Å². The van der Waals surface area contributed by atoms with Crippen molar-refractivity contribution < 1.29 is 9.53 Å². The highest BCUT2D eigenvalue weighted by atomic mass is 16.5. The number of aromatic nitrogens is 2. The molecule has 24 heavy (non-hydrogen) atoms. The lowest BCUT2D eigenvalue weighted by Gasteiger charge is -2.22. The standard InChI is InChI=1S/C19H19N3O2/c1-13-11-21-9-5-8-17(19(21)20-13)24-12-18(23)22-14(2)10-15-6-3-4-7-16(15)22/h3-9,11,14H,10,12H2,1-2H3. The van der Waals surface area contributed by atoms with Crippen LogP contribution < -0.4 is 9.64 Å². The highest BCUT2D eigenvalue weighted by molar-refractivity contribution is 5.97. The SMILES string of the molecule is Cc1cn2cccc(OCC(=O)N3c4ccccc4CC3C)c2n1. The lowest BCUT2D eigenvalue weighted by Crippen LogP contribution is -2.39. The molecule has 0 saturated carbocycles. The molecular weight excluding hydrogens is 302 g/mol. The van der Waals surface area contributed by atoms with Gasteiger partial charge in [-0.15, -0.1) is 0 Å². The Balaban J connectivity index is 1.54. The molecule has 0 aliphatic carbocycles. The fourth-order valence-corrected chi connectivity index (χ4v) is 3.38. The molecule has 0 fully saturated rings. The molecule has 1 aliphatic heterocycles. The second-order valence-corrected chi connectivity index (χ2v) is 6.22. The maximum Gasteiger partial charge on any atom is 0.265 e. The molecule has 3 aromatic rings. The molecule has 4 rings (SSSR count). The average Bonchev–Trinajstić information content (AvgIpc) is 3.10. The van der Waals surface area contributed by atoms with E-state index in [9.17, 15) is 4.79 Å². The largest absolute Gasteiger partial charge is 0.480 e. The maximum absolute atomic E-state index is 12.7. The molecule has 2 aromatic heterocycles. The molecule has 1 aliphatic rings. The Morgan fingerprint density at radius 2 is 2.12 bits per heavy atom. The molecule has 1 amide bonds. The molecular formula is C19H19N3O2. The van der Waals surface area contributed by atoms with Gasteiger partial charge in [0.15, 0.2) is 18.0 Å². The Morgan fingerprint density at radius 3 is 3.00 bits per heavy atom. The number of ether oxygens (including phenoxy) is 1. The zero-order valence-electron chi connectivity index (χ0n) is 13.8. The van der Waals surface area contributed by atoms with Crippen LogP contribution in [0.3, 0.4) is 0 Å². The monoisotopic (exact) mass is 321 g/mol. The van der Waals surface area contributed by atoms with Crippen molar-refractivity contribution in [1.29, 1.82) is 0 Å². The number of hydrogen-bond donors (Lipinski definition) is 0. The van der Waals surface area contributed by atoms with E-state index in [2.05, 4.69) is 18.0 Å². The molecule has 122 valence electrons. The Hall–Kier alpha value is -2.82. The topological polar surface area (TPSA) is 46.8 Å². The minimum Gasteiger partial charge on any atom is -0.480 e. The van der Waals surface area contributed by atoms with Crippen LogP contribution in [0.1, 0.15) is 18.2 Å². The second-order valence-electron chi connectivity index (χ2n) is 6.22. The van der Waals surface area contributed by atoms with E-state index in [0.29, 0.717) is 5.75 Å². The average molecular weight is 321 g/mol. The summed E-state index contributed by atoms with van der Waals surface area (Å²) in [5.74, 6) is 0.594. The summed E-state index contributed by atoms with van der Waals surface area (Å²) in [5.41, 5.74) is 3.86. The Morgan fingerprint density at radius 1 is 1.29 bits per heavy atom. The van der Waals surface area contributed by atoms with Crippen LogP contribution in [0.15, 0.2) is 48.8 Å². The predicted octanol–water partition coefficient (Wildman–Crippen LogP) is 3.00. The summed E-state index contributed by atoms with van der Waals surface area (Å²) in [7, 11) is 0. The molecule has 0 N–H and O–H groups in total. The first-order chi connectivity index (χ1) is 11.6. The van der Waals surface area contributed by atoms with Gasteiger partial charge in [-0.1, -0.05) is 18.2 Å². The number of benzene rings is 1. The fraction of sp³-hybridized carbons (Fsp3) is 0.263. The zero-order valence-corrected chi connectivity index (χ0v) is 13.8. The number of carbonyl (C=O) groups is 1. The smallest absolute Gasteiger partial charge is 0.265 e. The van der Waals surface area contributed by atoms with Gasteiger partial charge in [-0.05, 0) is 44.0 Å². The van der Waals surface area contributed by atoms with Crippen LogP contribution in [0.4, 0.5) is 5.69 Å². The third-order valence-electron chi connectivity index (χ3n) is 4.39. The molecule has 5 nitrogen and oxygen atoms in total. The number of pyridine rings is 1. The van der Waals surface area contributed by atoms with Crippen molar-refractivity contribution in [3.05, 3.63) is 60.0 Å². The number of hydrogen-bond acceptors (Lipinski definition) is 3. The molecule has 0 bridgehead atoms. The van der Waals surface area contributed by atoms with Crippen molar-refractivity contribution in [2.45, 2.75) is 26.3 Å². The van der Waals surface area contributed by atoms with E-state index in [0.717, 1.165) is 23.4 Å². The summed E-state index contributed by atoms with van der Waals surface area (Å²) < 4.78 is 7.70. The molecule has 0 radical (unpaired) electrons. The van der Waals surface area contributed by atoms with E-state index >= 15 is 0 Å². The minimum atomic E-state index is -0.0299. The summed E-state index contributed by atoms with van der Waals surface area (Å²) in [6, 6.07) is 11.9. The van der Waals surface area contributed by atoms with Crippen molar-refractivity contribution in [1.82, 2.24) is 9.38 Å². The normalized spacial score (nSPS) is 16.4. The number of rotatable bonds is 3. The molecule has 1 atom stereocenters. The zero-order chi connectivity index (χ0) is 16.7. The van der Waals surface area contributed by atoms with Gasteiger partial charge in [0.1, 0.15) is 0 Å². The van der Waals surface area contributed by atoms with E-state index in [1.165, 1.54) is 5.56 Å². The van der Waals surface area contributed by atoms with Gasteiger partial charge in [0.05, 0.1) is 5.69 Å². The highest BCUT2D eigenvalue weighted by Crippen LogP contribution is 2.32. The van der Waals surface area contributed by atoms with E-state index in [4.69, 9.17) is 4.74 Å². The van der Waals surface area contributed by atoms with Gasteiger partial charge < -0.3 is 14.0 Å². The van der Waals surface area contributed by atoms with Crippen LogP contribution in [0.25, 0.3) is 5.65 Å². The summed E-state index contributed by atoms with van der Waals surface area (Å²) in [4.78, 5) is 19.0. The molecule has 0 spiro atoms. The number of amides is 1. The second kappa shape index (κ2) is 5.67. The Bertz CT molecular complexity index is 916. The number of aryl methyl sites for hydroxylation is 1. The van der Waals surface area contributed by atoms with Crippen molar-refractivity contribution >= 4 is 17.2 Å². The number of carbonyl (C=O) groups excluding carboxylic acids is 1. The van der Waals surface area contributed by atoms with Crippen molar-refractivity contribution in [3.63, 3.8) is 0 Å². The number of nitrogens with zero attached hydrogens (tertiary/aromatic N) is 3. The van der Waals surface area contributed by atoms with Gasteiger partial charge in [-0.2, -0.15) is 0 Å². The van der Waals surface area contributed by atoms with E-state index in [-0.39, 0.29) is 18.6 Å². The van der Waals surface area contributed by atoms with E-state index < -0.39 is 0 Å². The lowest BCUT2D eigenvalue weighted by atomic mass is 10.1. The van der Waals surface area contributed by atoms with Crippen LogP contribution in [-0.4, -0.2) is 27.9 Å². The molecule has 5 heteroatoms. The summed E-state index contributed by atoms with van der Waals surface area (Å²) in [5, 5.41) is 0. The van der Waals surface area contributed by atoms with Gasteiger partial charge >= 0.3 is 0 Å². The number of imidazole rings is 1. The number of anilines is 1. The van der Waals surface area contributed by atoms with Crippen molar-refractivity contribution in [2.24, 2.45) is 0 Å². The first kappa shape index (κ1) is 14.8. The first-order valence-corrected chi connectivity index (χ1v) is 8.10. The van der Waals surface area contributed by atoms with Crippen LogP contribution in [-0.2, 0) is 11.2 Å². The van der Waals surface area contributed by atoms with E-state index in [1.54, 1.807) is 0 Å². The van der Waals surface area contributed by atoms with Crippen LogP contribution in [0.5, 0.6) is 5.75 Å². The minimum absolute atomic E-state index is 0.00422. The maximum atomic E-state index is 12.7. The van der Waals surface area contributed by atoms with Gasteiger partial charge in [0.2, 0.25) is 0 Å². The third-order valence-corrected chi connectivity index (χ3v) is 4.39. The summed E-state index contributed by atoms with van der Waals surface area (Å²) in [6.45, 7) is 4.01. The van der Waals surface area contributed by atoms with Crippen molar-refractivity contribution in [3.8, 4) is 5.75 Å². The molecule has 0 saturated heterocycles. The van der Waals surface area contributed by atoms with Crippen LogP contribution in [0, 0.1) is 6.92 Å². The third kappa shape index (κ3) is 2.42. The van der Waals surface area contributed by atoms with Crippen LogP contribution >= 0.6 is 0 Å². The highest BCUT2D eigenvalue weighted by Gasteiger charge is 2.30. The lowest BCUT2D eigenvalue weighted by molar-refractivity contribution is -0.120. The Kier molecular flexibility index (Phi) is 3.49. The summed E-state index contributed by atoms with van der Waals surface area (Å²) >= 11 is 0. The quantitative estimate of drug-likeness (QED) is 0.745. The first-order valence-electron chi connectivity index (χ1n) is 8.10. The van der Waals surface area contributed by atoms with Gasteiger partial charge in [0, 0.05) is 24.1 Å². The molecule has 1 aromatic carbocycles. The summed E-state index contributed by atoms with van der Waals surface area (Å²) in [6.07, 6.45) is 4.74. The van der Waals surface area contributed by atoms with Crippen molar-refractivity contribution in [2.75, 3.05) is 11.5 Å². The number of fused-ring (bicyclic) bond motifs is 2.